The molecule has 166 valence electrons. The summed E-state index contributed by atoms with van der Waals surface area (Å²) in [5.41, 5.74) is -0.102. The molecule has 0 spiro atoms. The van der Waals surface area contributed by atoms with Gasteiger partial charge in [-0.2, -0.15) is 8.42 Å². The van der Waals surface area contributed by atoms with Gasteiger partial charge in [0, 0.05) is 25.0 Å². The van der Waals surface area contributed by atoms with E-state index in [1.807, 2.05) is 0 Å². The highest BCUT2D eigenvalue weighted by molar-refractivity contribution is 7.84. The molecule has 1 amide bonds. The first-order chi connectivity index (χ1) is 14.3. The van der Waals surface area contributed by atoms with E-state index >= 15 is 0 Å². The summed E-state index contributed by atoms with van der Waals surface area (Å²) in [6.45, 7) is 2.67. The minimum atomic E-state index is -4.21. The fourth-order valence-corrected chi connectivity index (χ4v) is 5.45. The maximum absolute atomic E-state index is 13.1. The number of aromatic nitrogens is 2. The van der Waals surface area contributed by atoms with Gasteiger partial charge in [0.25, 0.3) is 0 Å². The molecule has 0 bridgehead atoms. The van der Waals surface area contributed by atoms with Crippen molar-refractivity contribution >= 4 is 16.4 Å². The Morgan fingerprint density at radius 1 is 1.33 bits per heavy atom. The molecular formula is C19H27FN4O5S. The van der Waals surface area contributed by atoms with E-state index in [0.717, 1.165) is 42.8 Å². The van der Waals surface area contributed by atoms with Gasteiger partial charge in [0.1, 0.15) is 12.6 Å². The van der Waals surface area contributed by atoms with Gasteiger partial charge in [-0.05, 0) is 44.4 Å². The van der Waals surface area contributed by atoms with Gasteiger partial charge in [0.05, 0.1) is 18.5 Å². The molecule has 0 N–H and O–H groups in total. The Hall–Kier alpha value is -1.85. The number of carbonyl (C=O) groups is 1. The Morgan fingerprint density at radius 2 is 2.03 bits per heavy atom. The summed E-state index contributed by atoms with van der Waals surface area (Å²) in [7, 11) is -4.21. The van der Waals surface area contributed by atoms with Crippen LogP contribution in [0.15, 0.2) is 12.4 Å². The molecule has 0 aromatic carbocycles. The average Bonchev–Trinajstić information content (AvgIpc) is 3.18. The third kappa shape index (κ3) is 4.28. The van der Waals surface area contributed by atoms with Gasteiger partial charge >= 0.3 is 16.4 Å². The van der Waals surface area contributed by atoms with Crippen LogP contribution in [0.5, 0.6) is 0 Å². The number of hydrogen-bond acceptors (Lipinski definition) is 7. The third-order valence-electron chi connectivity index (χ3n) is 6.42. The second-order valence-electron chi connectivity index (χ2n) is 8.24. The largest absolute Gasteiger partial charge is 0.426 e. The van der Waals surface area contributed by atoms with E-state index in [9.17, 15) is 17.6 Å². The van der Waals surface area contributed by atoms with Crippen molar-refractivity contribution in [2.45, 2.75) is 57.0 Å². The lowest BCUT2D eigenvalue weighted by Crippen LogP contribution is -2.40. The van der Waals surface area contributed by atoms with Crippen LogP contribution < -0.4 is 0 Å². The van der Waals surface area contributed by atoms with Crippen LogP contribution >= 0.6 is 0 Å². The number of halogens is 1. The highest BCUT2D eigenvalue weighted by Gasteiger charge is 2.59. The van der Waals surface area contributed by atoms with Crippen molar-refractivity contribution in [2.75, 3.05) is 26.4 Å². The Balaban J connectivity index is 1.29. The predicted octanol–water partition coefficient (Wildman–Crippen LogP) is 2.20. The molecule has 2 saturated carbocycles. The van der Waals surface area contributed by atoms with Crippen molar-refractivity contribution in [3.8, 4) is 0 Å². The fraction of sp³-hybridized carbons (Fsp3) is 0.737. The molecular weight excluding hydrogens is 415 g/mol. The molecule has 4 rings (SSSR count). The topological polar surface area (TPSA) is 102 Å². The van der Waals surface area contributed by atoms with E-state index < -0.39 is 22.2 Å². The monoisotopic (exact) mass is 442 g/mol. The molecule has 1 aliphatic heterocycles. The lowest BCUT2D eigenvalue weighted by atomic mass is 9.86. The van der Waals surface area contributed by atoms with Crippen molar-refractivity contribution in [3.05, 3.63) is 24.0 Å². The predicted molar refractivity (Wildman–Crippen MR) is 104 cm³/mol. The summed E-state index contributed by atoms with van der Waals surface area (Å²) in [4.78, 5) is 21.8. The van der Waals surface area contributed by atoms with E-state index in [4.69, 9.17) is 8.92 Å². The molecule has 2 heterocycles. The van der Waals surface area contributed by atoms with Gasteiger partial charge in [0.15, 0.2) is 5.82 Å². The number of rotatable bonds is 7. The number of fused-ring (bicyclic) bond motifs is 1. The molecule has 0 unspecified atom stereocenters. The Labute approximate surface area is 175 Å². The van der Waals surface area contributed by atoms with Crippen molar-refractivity contribution in [1.82, 2.24) is 19.2 Å². The molecule has 1 saturated heterocycles. The summed E-state index contributed by atoms with van der Waals surface area (Å²) in [5, 5.41) is 0. The molecule has 1 aromatic rings. The standard InChI is InChI=1S/C19H27FN4O5S/c1-2-24(30(26,27)29-18(25)23-7-3-4-8-23)13-28-16-5-6-19(10-14(19)9-16)17-21-11-15(20)12-22-17/h11-12,14,16H,2-10,13H2,1H3/t14-,16+,19-/m1/s1. The Kier molecular flexibility index (Phi) is 5.95. The van der Waals surface area contributed by atoms with E-state index in [2.05, 4.69) is 9.97 Å². The highest BCUT2D eigenvalue weighted by atomic mass is 32.2. The average molecular weight is 443 g/mol. The van der Waals surface area contributed by atoms with E-state index in [1.165, 1.54) is 17.3 Å². The van der Waals surface area contributed by atoms with E-state index in [-0.39, 0.29) is 24.8 Å². The molecule has 3 fully saturated rings. The third-order valence-corrected chi connectivity index (χ3v) is 7.77. The summed E-state index contributed by atoms with van der Waals surface area (Å²) in [5.74, 6) is 0.580. The maximum atomic E-state index is 13.1. The van der Waals surface area contributed by atoms with Crippen LogP contribution in [0.1, 0.15) is 51.3 Å². The zero-order valence-electron chi connectivity index (χ0n) is 17.0. The number of amides is 1. The smallest absolute Gasteiger partial charge is 0.362 e. The summed E-state index contributed by atoms with van der Waals surface area (Å²) < 4.78 is 49.7. The van der Waals surface area contributed by atoms with Crippen LogP contribution in [0.25, 0.3) is 0 Å². The molecule has 9 nitrogen and oxygen atoms in total. The fourth-order valence-electron chi connectivity index (χ4n) is 4.55. The summed E-state index contributed by atoms with van der Waals surface area (Å²) in [6, 6.07) is 0. The Morgan fingerprint density at radius 3 is 2.67 bits per heavy atom. The van der Waals surface area contributed by atoms with Crippen molar-refractivity contribution in [2.24, 2.45) is 5.92 Å². The molecule has 2 aliphatic carbocycles. The molecule has 3 atom stereocenters. The minimum Gasteiger partial charge on any atom is -0.362 e. The van der Waals surface area contributed by atoms with Crippen molar-refractivity contribution < 1.29 is 26.5 Å². The minimum absolute atomic E-state index is 0.0930. The highest BCUT2D eigenvalue weighted by Crippen LogP contribution is 2.61. The number of ether oxygens (including phenoxy) is 1. The molecule has 1 aromatic heterocycles. The molecule has 30 heavy (non-hydrogen) atoms. The zero-order valence-corrected chi connectivity index (χ0v) is 17.8. The van der Waals surface area contributed by atoms with Gasteiger partial charge < -0.3 is 13.8 Å². The number of likely N-dealkylation sites (tertiary alicyclic amines) is 1. The molecule has 11 heteroatoms. The Bertz CT molecular complexity index is 877. The second kappa shape index (κ2) is 8.35. The van der Waals surface area contributed by atoms with E-state index in [0.29, 0.717) is 24.8 Å². The number of hydrogen-bond donors (Lipinski definition) is 0. The van der Waals surface area contributed by atoms with Gasteiger partial charge in [-0.3, -0.25) is 0 Å². The first-order valence-corrected chi connectivity index (χ1v) is 11.8. The van der Waals surface area contributed by atoms with Gasteiger partial charge in [-0.1, -0.05) is 6.92 Å². The number of carbonyl (C=O) groups excluding carboxylic acids is 1. The summed E-state index contributed by atoms with van der Waals surface area (Å²) in [6.07, 6.45) is 6.43. The first kappa shape index (κ1) is 21.4. The van der Waals surface area contributed by atoms with Gasteiger partial charge in [0.2, 0.25) is 0 Å². The van der Waals surface area contributed by atoms with Gasteiger partial charge in [-0.25, -0.2) is 19.2 Å². The lowest BCUT2D eigenvalue weighted by molar-refractivity contribution is -0.0165. The van der Waals surface area contributed by atoms with Crippen molar-refractivity contribution in [1.29, 1.82) is 0 Å². The SMILES string of the molecule is CCN(CO[C@H]1CC[C@@]2(c3ncc(F)cn3)C[C@H]2C1)S(=O)(=O)OC(=O)N1CCCC1. The molecule has 3 aliphatic rings. The van der Waals surface area contributed by atoms with Crippen LogP contribution in [0, 0.1) is 11.7 Å². The lowest BCUT2D eigenvalue weighted by Gasteiger charge is -2.29. The van der Waals surface area contributed by atoms with Gasteiger partial charge in [-0.15, -0.1) is 4.31 Å². The number of nitrogens with zero attached hydrogens (tertiary/aromatic N) is 4. The van der Waals surface area contributed by atoms with Crippen LogP contribution in [-0.4, -0.2) is 66.2 Å². The van der Waals surface area contributed by atoms with Crippen LogP contribution in [0.4, 0.5) is 9.18 Å². The second-order valence-corrected chi connectivity index (χ2v) is 9.78. The first-order valence-electron chi connectivity index (χ1n) is 10.4. The van der Waals surface area contributed by atoms with Crippen LogP contribution in [0.3, 0.4) is 0 Å². The normalized spacial score (nSPS) is 28.4. The quantitative estimate of drug-likeness (QED) is 0.597. The summed E-state index contributed by atoms with van der Waals surface area (Å²) >= 11 is 0. The van der Waals surface area contributed by atoms with Crippen LogP contribution in [-0.2, 0) is 24.6 Å². The molecule has 0 radical (unpaired) electrons. The van der Waals surface area contributed by atoms with E-state index in [1.54, 1.807) is 6.92 Å². The maximum Gasteiger partial charge on any atom is 0.426 e. The van der Waals surface area contributed by atoms with Crippen LogP contribution in [0.2, 0.25) is 0 Å². The van der Waals surface area contributed by atoms with Crippen molar-refractivity contribution in [3.63, 3.8) is 0 Å². The zero-order chi connectivity index (χ0) is 21.4.